The smallest absolute Gasteiger partial charge is 0.410 e. The summed E-state index contributed by atoms with van der Waals surface area (Å²) in [4.78, 5) is 34.0. The Morgan fingerprint density at radius 3 is 2.52 bits per heavy atom. The van der Waals surface area contributed by atoms with Crippen LogP contribution in [0.1, 0.15) is 50.1 Å². The van der Waals surface area contributed by atoms with E-state index in [0.29, 0.717) is 18.8 Å². The molecular weight excluding hydrogens is 376 g/mol. The van der Waals surface area contributed by atoms with Crippen molar-refractivity contribution in [2.45, 2.75) is 45.3 Å². The van der Waals surface area contributed by atoms with Gasteiger partial charge in [-0.1, -0.05) is 0 Å². The number of carbonyl (C=O) groups excluding carboxylic acids is 2. The normalized spacial score (nSPS) is 15.2. The van der Waals surface area contributed by atoms with Gasteiger partial charge in [0.2, 0.25) is 0 Å². The van der Waals surface area contributed by atoms with E-state index in [0.717, 1.165) is 18.4 Å². The summed E-state index contributed by atoms with van der Waals surface area (Å²) in [5, 5.41) is 4.43. The van der Waals surface area contributed by atoms with Crippen molar-refractivity contribution in [1.29, 1.82) is 0 Å². The third-order valence-corrected chi connectivity index (χ3v) is 4.57. The average molecular weight is 402 g/mol. The van der Waals surface area contributed by atoms with E-state index in [1.54, 1.807) is 11.1 Å². The van der Waals surface area contributed by atoms with Gasteiger partial charge >= 0.3 is 12.1 Å². The summed E-state index contributed by atoms with van der Waals surface area (Å²) in [6.45, 7) is 6.77. The highest BCUT2D eigenvalue weighted by atomic mass is 16.6. The molecule has 0 saturated carbocycles. The number of amides is 1. The van der Waals surface area contributed by atoms with Gasteiger partial charge in [0, 0.05) is 24.8 Å². The van der Waals surface area contributed by atoms with Gasteiger partial charge in [-0.2, -0.15) is 5.10 Å². The van der Waals surface area contributed by atoms with Crippen LogP contribution in [0, 0.1) is 0 Å². The van der Waals surface area contributed by atoms with E-state index in [1.165, 1.54) is 13.3 Å². The molecule has 3 rings (SSSR count). The van der Waals surface area contributed by atoms with E-state index in [9.17, 15) is 9.59 Å². The minimum absolute atomic E-state index is 0.0162. The number of anilines is 1. The number of nitrogen functional groups attached to an aromatic ring is 1. The molecule has 1 aliphatic heterocycles. The van der Waals surface area contributed by atoms with Crippen molar-refractivity contribution < 1.29 is 19.1 Å². The summed E-state index contributed by atoms with van der Waals surface area (Å²) in [6.07, 6.45) is 6.26. The monoisotopic (exact) mass is 402 g/mol. The Balaban J connectivity index is 1.67. The van der Waals surface area contributed by atoms with Crippen molar-refractivity contribution in [3.63, 3.8) is 0 Å². The van der Waals surface area contributed by atoms with Crippen LogP contribution in [0.25, 0.3) is 11.3 Å². The molecule has 1 aliphatic rings. The first kappa shape index (κ1) is 20.6. The van der Waals surface area contributed by atoms with Crippen LogP contribution in [-0.2, 0) is 9.47 Å². The largest absolute Gasteiger partial charge is 0.464 e. The Labute approximate surface area is 169 Å². The first-order chi connectivity index (χ1) is 13.7. The Morgan fingerprint density at radius 2 is 1.90 bits per heavy atom. The second kappa shape index (κ2) is 8.06. The number of rotatable bonds is 3. The molecule has 1 fully saturated rings. The van der Waals surface area contributed by atoms with Gasteiger partial charge in [-0.15, -0.1) is 0 Å². The van der Waals surface area contributed by atoms with Gasteiger partial charge < -0.3 is 20.1 Å². The van der Waals surface area contributed by atoms with E-state index < -0.39 is 11.6 Å². The standard InChI is InChI=1S/C19H26N6O4/c1-19(2,3)29-18(27)24-7-5-13(6-8-24)25-11-12(9-22-25)14-10-21-16(20)15(23-14)17(26)28-4/h9-11,13H,5-8H2,1-4H3,(H2,20,21). The third-order valence-electron chi connectivity index (χ3n) is 4.57. The van der Waals surface area contributed by atoms with Crippen LogP contribution in [0.2, 0.25) is 0 Å². The number of nitrogens with two attached hydrogens (primary N) is 1. The van der Waals surface area contributed by atoms with E-state index in [-0.39, 0.29) is 23.6 Å². The van der Waals surface area contributed by atoms with Gasteiger partial charge in [0.1, 0.15) is 5.60 Å². The maximum atomic E-state index is 12.2. The number of nitrogens with zero attached hydrogens (tertiary/aromatic N) is 5. The summed E-state index contributed by atoms with van der Waals surface area (Å²) < 4.78 is 12.0. The highest BCUT2D eigenvalue weighted by molar-refractivity contribution is 5.92. The molecule has 0 bridgehead atoms. The minimum atomic E-state index is -0.640. The fraction of sp³-hybridized carbons (Fsp3) is 0.526. The maximum Gasteiger partial charge on any atom is 0.410 e. The van der Waals surface area contributed by atoms with Crippen LogP contribution in [0.5, 0.6) is 0 Å². The van der Waals surface area contributed by atoms with E-state index in [2.05, 4.69) is 19.8 Å². The maximum absolute atomic E-state index is 12.2. The number of carbonyl (C=O) groups is 2. The van der Waals surface area contributed by atoms with Crippen molar-refractivity contribution in [2.24, 2.45) is 0 Å². The van der Waals surface area contributed by atoms with E-state index >= 15 is 0 Å². The number of esters is 1. The van der Waals surface area contributed by atoms with Crippen molar-refractivity contribution in [3.05, 3.63) is 24.3 Å². The Bertz CT molecular complexity index is 896. The summed E-state index contributed by atoms with van der Waals surface area (Å²) in [6, 6.07) is 0.157. The molecule has 2 N–H and O–H groups in total. The summed E-state index contributed by atoms with van der Waals surface area (Å²) in [7, 11) is 1.26. The fourth-order valence-electron chi connectivity index (χ4n) is 3.09. The average Bonchev–Trinajstić information content (AvgIpc) is 3.16. The van der Waals surface area contributed by atoms with Gasteiger partial charge in [0.15, 0.2) is 11.5 Å². The summed E-state index contributed by atoms with van der Waals surface area (Å²) >= 11 is 0. The lowest BCUT2D eigenvalue weighted by Gasteiger charge is -2.33. The van der Waals surface area contributed by atoms with Crippen LogP contribution in [0.4, 0.5) is 10.6 Å². The van der Waals surface area contributed by atoms with Crippen LogP contribution in [0.3, 0.4) is 0 Å². The van der Waals surface area contributed by atoms with Crippen molar-refractivity contribution in [2.75, 3.05) is 25.9 Å². The number of piperidine rings is 1. The first-order valence-corrected chi connectivity index (χ1v) is 9.41. The predicted octanol–water partition coefficient (Wildman–Crippen LogP) is 2.28. The molecule has 10 heteroatoms. The molecule has 0 aromatic carbocycles. The molecule has 1 saturated heterocycles. The lowest BCUT2D eigenvalue weighted by Crippen LogP contribution is -2.42. The highest BCUT2D eigenvalue weighted by Gasteiger charge is 2.28. The second-order valence-corrected chi connectivity index (χ2v) is 7.89. The zero-order valence-corrected chi connectivity index (χ0v) is 17.1. The number of methoxy groups -OCH3 is 1. The molecule has 10 nitrogen and oxygen atoms in total. The van der Waals surface area contributed by atoms with E-state index in [4.69, 9.17) is 10.5 Å². The lowest BCUT2D eigenvalue weighted by molar-refractivity contribution is 0.0184. The SMILES string of the molecule is COC(=O)c1nc(-c2cnn(C3CCN(C(=O)OC(C)(C)C)CC3)c2)cnc1N. The van der Waals surface area contributed by atoms with E-state index in [1.807, 2.05) is 31.6 Å². The van der Waals surface area contributed by atoms with Gasteiger partial charge in [0.25, 0.3) is 0 Å². The molecule has 0 aliphatic carbocycles. The Morgan fingerprint density at radius 1 is 1.21 bits per heavy atom. The van der Waals surface area contributed by atoms with Crippen LogP contribution < -0.4 is 5.73 Å². The zero-order valence-electron chi connectivity index (χ0n) is 17.1. The second-order valence-electron chi connectivity index (χ2n) is 7.89. The molecule has 0 atom stereocenters. The topological polar surface area (TPSA) is 125 Å². The Hall–Kier alpha value is -3.17. The van der Waals surface area contributed by atoms with Gasteiger partial charge in [0.05, 0.1) is 31.2 Å². The highest BCUT2D eigenvalue weighted by Crippen LogP contribution is 2.26. The van der Waals surface area contributed by atoms with Gasteiger partial charge in [-0.05, 0) is 33.6 Å². The molecule has 1 amide bonds. The quantitative estimate of drug-likeness (QED) is 0.775. The molecule has 2 aromatic rings. The first-order valence-electron chi connectivity index (χ1n) is 9.41. The number of likely N-dealkylation sites (tertiary alicyclic amines) is 1. The summed E-state index contributed by atoms with van der Waals surface area (Å²) in [5.74, 6) is -0.624. The van der Waals surface area contributed by atoms with Crippen LogP contribution in [0.15, 0.2) is 18.6 Å². The molecule has 156 valence electrons. The molecule has 0 unspecified atom stereocenters. The number of hydrogen-bond donors (Lipinski definition) is 1. The zero-order chi connectivity index (χ0) is 21.2. The van der Waals surface area contributed by atoms with Crippen molar-refractivity contribution in [1.82, 2.24) is 24.6 Å². The number of ether oxygens (including phenoxy) is 2. The molecule has 3 heterocycles. The van der Waals surface area contributed by atoms with Gasteiger partial charge in [-0.3, -0.25) is 4.68 Å². The lowest BCUT2D eigenvalue weighted by atomic mass is 10.1. The van der Waals surface area contributed by atoms with Crippen LogP contribution >= 0.6 is 0 Å². The molecule has 2 aromatic heterocycles. The molecule has 0 radical (unpaired) electrons. The Kier molecular flexibility index (Phi) is 5.71. The van der Waals surface area contributed by atoms with Crippen LogP contribution in [-0.4, -0.2) is 62.5 Å². The van der Waals surface area contributed by atoms with Crippen molar-refractivity contribution >= 4 is 17.9 Å². The fourth-order valence-corrected chi connectivity index (χ4v) is 3.09. The van der Waals surface area contributed by atoms with Gasteiger partial charge in [-0.25, -0.2) is 19.6 Å². The van der Waals surface area contributed by atoms with Crippen molar-refractivity contribution in [3.8, 4) is 11.3 Å². The molecule has 0 spiro atoms. The predicted molar refractivity (Wildman–Crippen MR) is 105 cm³/mol. The molecule has 29 heavy (non-hydrogen) atoms. The minimum Gasteiger partial charge on any atom is -0.464 e. The number of aromatic nitrogens is 4. The third kappa shape index (κ3) is 4.82. The molecular formula is C19H26N6O4. The summed E-state index contributed by atoms with van der Waals surface area (Å²) in [5.41, 5.74) is 6.38. The number of hydrogen-bond acceptors (Lipinski definition) is 8.